The third-order valence-corrected chi connectivity index (χ3v) is 2.53. The summed E-state index contributed by atoms with van der Waals surface area (Å²) >= 11 is 0. The van der Waals surface area contributed by atoms with Gasteiger partial charge in [0.2, 0.25) is 5.88 Å². The number of aliphatic hydroxyl groups excluding tert-OH is 1. The van der Waals surface area contributed by atoms with Gasteiger partial charge in [-0.15, -0.1) is 0 Å². The lowest BCUT2D eigenvalue weighted by Gasteiger charge is -2.06. The van der Waals surface area contributed by atoms with Crippen LogP contribution in [0, 0.1) is 11.8 Å². The quantitative estimate of drug-likeness (QED) is 0.823. The largest absolute Gasteiger partial charge is 0.481 e. The molecule has 0 aromatic carbocycles. The zero-order valence-corrected chi connectivity index (χ0v) is 11.3. The second-order valence-corrected chi connectivity index (χ2v) is 3.90. The van der Waals surface area contributed by atoms with Crippen molar-refractivity contribution < 1.29 is 14.6 Å². The molecule has 2 aromatic heterocycles. The molecule has 0 aliphatic rings. The van der Waals surface area contributed by atoms with Crippen LogP contribution in [0.25, 0.3) is 0 Å². The van der Waals surface area contributed by atoms with Crippen LogP contribution in [0.5, 0.6) is 5.88 Å². The Labute approximate surface area is 121 Å². The number of hydrogen-bond donors (Lipinski definition) is 2. The zero-order chi connectivity index (χ0) is 15.1. The molecule has 0 aliphatic carbocycles. The third-order valence-electron chi connectivity index (χ3n) is 2.53. The van der Waals surface area contributed by atoms with E-state index in [1.807, 2.05) is 0 Å². The van der Waals surface area contributed by atoms with Crippen LogP contribution in [0.2, 0.25) is 0 Å². The van der Waals surface area contributed by atoms with Crippen LogP contribution < -0.4 is 10.1 Å². The second-order valence-electron chi connectivity index (χ2n) is 3.90. The third kappa shape index (κ3) is 3.78. The lowest BCUT2D eigenvalue weighted by atomic mass is 10.2. The molecule has 0 atom stereocenters. The summed E-state index contributed by atoms with van der Waals surface area (Å²) in [6.45, 7) is -0.279. The predicted molar refractivity (Wildman–Crippen MR) is 76.9 cm³/mol. The van der Waals surface area contributed by atoms with E-state index in [-0.39, 0.29) is 12.3 Å². The van der Waals surface area contributed by atoms with Crippen molar-refractivity contribution >= 4 is 11.6 Å². The highest BCUT2D eigenvalue weighted by Gasteiger charge is 2.12. The highest BCUT2D eigenvalue weighted by Crippen LogP contribution is 2.13. The summed E-state index contributed by atoms with van der Waals surface area (Å²) in [5.74, 6) is 5.24. The molecule has 0 unspecified atom stereocenters. The van der Waals surface area contributed by atoms with Gasteiger partial charge in [-0.25, -0.2) is 9.97 Å². The minimum Gasteiger partial charge on any atom is -0.481 e. The summed E-state index contributed by atoms with van der Waals surface area (Å²) in [7, 11) is 1.51. The van der Waals surface area contributed by atoms with E-state index in [1.165, 1.54) is 19.5 Å². The minimum absolute atomic E-state index is 0.189. The molecule has 0 saturated heterocycles. The number of methoxy groups -OCH3 is 1. The molecule has 2 aromatic rings. The Morgan fingerprint density at radius 1 is 1.38 bits per heavy atom. The van der Waals surface area contributed by atoms with E-state index in [2.05, 4.69) is 27.1 Å². The van der Waals surface area contributed by atoms with Gasteiger partial charge in [0.1, 0.15) is 12.3 Å². The van der Waals surface area contributed by atoms with Crippen LogP contribution in [0.15, 0.2) is 36.7 Å². The van der Waals surface area contributed by atoms with Crippen LogP contribution in [0.1, 0.15) is 16.1 Å². The predicted octanol–water partition coefficient (Wildman–Crippen LogP) is 1.08. The van der Waals surface area contributed by atoms with E-state index in [1.54, 1.807) is 24.3 Å². The lowest BCUT2D eigenvalue weighted by Crippen LogP contribution is -2.15. The first-order valence-electron chi connectivity index (χ1n) is 6.10. The lowest BCUT2D eigenvalue weighted by molar-refractivity contribution is 0.102. The van der Waals surface area contributed by atoms with Gasteiger partial charge in [-0.1, -0.05) is 11.8 Å². The Morgan fingerprint density at radius 2 is 2.24 bits per heavy atom. The molecular formula is C15H13N3O3. The summed E-state index contributed by atoms with van der Waals surface area (Å²) in [5.41, 5.74) is 1.16. The number of amides is 1. The maximum absolute atomic E-state index is 12.2. The Kier molecular flexibility index (Phi) is 4.85. The molecule has 21 heavy (non-hydrogen) atoms. The Morgan fingerprint density at radius 3 is 2.90 bits per heavy atom. The average molecular weight is 283 g/mol. The van der Waals surface area contributed by atoms with Crippen molar-refractivity contribution in [3.8, 4) is 17.7 Å². The SMILES string of the molecule is COc1ccc(NC(=O)c2ncccc2C#CCO)cn1. The number of carbonyl (C=O) groups is 1. The zero-order valence-electron chi connectivity index (χ0n) is 11.3. The number of aliphatic hydroxyl groups is 1. The highest BCUT2D eigenvalue weighted by atomic mass is 16.5. The Balaban J connectivity index is 2.19. The van der Waals surface area contributed by atoms with Crippen molar-refractivity contribution in [1.29, 1.82) is 0 Å². The molecule has 0 aliphatic heterocycles. The van der Waals surface area contributed by atoms with Gasteiger partial charge in [0.15, 0.2) is 0 Å². The Hall–Kier alpha value is -2.91. The summed E-state index contributed by atoms with van der Waals surface area (Å²) < 4.78 is 4.94. The summed E-state index contributed by atoms with van der Waals surface area (Å²) in [6, 6.07) is 6.65. The maximum Gasteiger partial charge on any atom is 0.275 e. The van der Waals surface area contributed by atoms with E-state index in [9.17, 15) is 4.79 Å². The van der Waals surface area contributed by atoms with Gasteiger partial charge in [0, 0.05) is 12.3 Å². The number of nitrogens with one attached hydrogen (secondary N) is 1. The highest BCUT2D eigenvalue weighted by molar-refractivity contribution is 6.04. The molecule has 0 spiro atoms. The first-order valence-corrected chi connectivity index (χ1v) is 6.10. The summed E-state index contributed by atoms with van der Waals surface area (Å²) in [5, 5.41) is 11.4. The van der Waals surface area contributed by atoms with Gasteiger partial charge in [-0.2, -0.15) is 0 Å². The monoisotopic (exact) mass is 283 g/mol. The summed E-state index contributed by atoms with van der Waals surface area (Å²) in [4.78, 5) is 20.2. The fourth-order valence-corrected chi connectivity index (χ4v) is 1.59. The average Bonchev–Trinajstić information content (AvgIpc) is 2.54. The normalized spacial score (nSPS) is 9.43. The Bertz CT molecular complexity index is 687. The number of pyridine rings is 2. The van der Waals surface area contributed by atoms with E-state index < -0.39 is 5.91 Å². The van der Waals surface area contributed by atoms with Gasteiger partial charge < -0.3 is 15.2 Å². The van der Waals surface area contributed by atoms with Crippen molar-refractivity contribution in [1.82, 2.24) is 9.97 Å². The molecule has 2 rings (SSSR count). The van der Waals surface area contributed by atoms with Crippen LogP contribution in [0.3, 0.4) is 0 Å². The minimum atomic E-state index is -0.398. The van der Waals surface area contributed by atoms with Crippen LogP contribution in [-0.2, 0) is 0 Å². The van der Waals surface area contributed by atoms with Crippen molar-refractivity contribution in [2.45, 2.75) is 0 Å². The van der Waals surface area contributed by atoms with Gasteiger partial charge >= 0.3 is 0 Å². The number of carbonyl (C=O) groups excluding carboxylic acids is 1. The molecule has 0 fully saturated rings. The smallest absolute Gasteiger partial charge is 0.275 e. The van der Waals surface area contributed by atoms with Crippen molar-refractivity contribution in [2.24, 2.45) is 0 Å². The second kappa shape index (κ2) is 7.03. The topological polar surface area (TPSA) is 84.3 Å². The number of aromatic nitrogens is 2. The molecule has 106 valence electrons. The van der Waals surface area contributed by atoms with Gasteiger partial charge in [-0.3, -0.25) is 4.79 Å². The van der Waals surface area contributed by atoms with E-state index in [4.69, 9.17) is 9.84 Å². The van der Waals surface area contributed by atoms with Gasteiger partial charge in [0.25, 0.3) is 5.91 Å². The van der Waals surface area contributed by atoms with Crippen molar-refractivity contribution in [2.75, 3.05) is 19.0 Å². The molecular weight excluding hydrogens is 270 g/mol. The first kappa shape index (κ1) is 14.5. The van der Waals surface area contributed by atoms with E-state index in [0.717, 1.165) is 0 Å². The van der Waals surface area contributed by atoms with E-state index >= 15 is 0 Å². The van der Waals surface area contributed by atoms with E-state index in [0.29, 0.717) is 17.1 Å². The fraction of sp³-hybridized carbons (Fsp3) is 0.133. The first-order chi connectivity index (χ1) is 10.2. The standard InChI is InChI=1S/C15H13N3O3/c1-21-13-7-6-12(10-17-13)18-15(20)14-11(5-3-9-19)4-2-8-16-14/h2,4,6-8,10,19H,9H2,1H3,(H,18,20). The number of nitrogens with zero attached hydrogens (tertiary/aromatic N) is 2. The van der Waals surface area contributed by atoms with Crippen LogP contribution in [-0.4, -0.2) is 34.7 Å². The summed E-state index contributed by atoms with van der Waals surface area (Å²) in [6.07, 6.45) is 2.99. The molecule has 6 heteroatoms. The number of anilines is 1. The molecule has 2 N–H and O–H groups in total. The number of hydrogen-bond acceptors (Lipinski definition) is 5. The van der Waals surface area contributed by atoms with Crippen LogP contribution in [0.4, 0.5) is 5.69 Å². The maximum atomic E-state index is 12.2. The fourth-order valence-electron chi connectivity index (χ4n) is 1.59. The molecule has 0 bridgehead atoms. The van der Waals surface area contributed by atoms with Crippen molar-refractivity contribution in [3.63, 3.8) is 0 Å². The van der Waals surface area contributed by atoms with Crippen LogP contribution >= 0.6 is 0 Å². The van der Waals surface area contributed by atoms with Crippen molar-refractivity contribution in [3.05, 3.63) is 47.9 Å². The molecule has 6 nitrogen and oxygen atoms in total. The number of ether oxygens (including phenoxy) is 1. The molecule has 2 heterocycles. The van der Waals surface area contributed by atoms with Gasteiger partial charge in [0.05, 0.1) is 24.6 Å². The molecule has 0 saturated carbocycles. The molecule has 0 radical (unpaired) electrons. The van der Waals surface area contributed by atoms with Gasteiger partial charge in [-0.05, 0) is 18.2 Å². The number of rotatable bonds is 3. The molecule has 1 amide bonds.